The summed E-state index contributed by atoms with van der Waals surface area (Å²) in [5, 5.41) is 7.06. The van der Waals surface area contributed by atoms with Crippen LogP contribution in [0.2, 0.25) is 0 Å². The molecule has 23 heavy (non-hydrogen) atoms. The van der Waals surface area contributed by atoms with Crippen molar-refractivity contribution in [1.82, 2.24) is 9.78 Å². The van der Waals surface area contributed by atoms with Gasteiger partial charge < -0.3 is 5.32 Å². The zero-order valence-corrected chi connectivity index (χ0v) is 12.7. The number of hydrogen-bond acceptors (Lipinski definition) is 2. The number of aromatic nitrogens is 2. The molecule has 0 unspecified atom stereocenters. The Kier molecular flexibility index (Phi) is 4.19. The summed E-state index contributed by atoms with van der Waals surface area (Å²) >= 11 is 0. The van der Waals surface area contributed by atoms with E-state index in [1.165, 1.54) is 12.1 Å². The second kappa shape index (κ2) is 6.44. The van der Waals surface area contributed by atoms with Gasteiger partial charge in [0.05, 0.1) is 11.3 Å². The van der Waals surface area contributed by atoms with Crippen molar-refractivity contribution in [2.45, 2.75) is 13.3 Å². The van der Waals surface area contributed by atoms with E-state index in [1.54, 1.807) is 22.9 Å². The third-order valence-corrected chi connectivity index (χ3v) is 3.51. The van der Waals surface area contributed by atoms with Crippen LogP contribution in [0.5, 0.6) is 0 Å². The molecule has 1 heterocycles. The summed E-state index contributed by atoms with van der Waals surface area (Å²) in [5.41, 5.74) is 1.87. The zero-order chi connectivity index (χ0) is 16.2. The number of rotatable bonds is 4. The quantitative estimate of drug-likeness (QED) is 0.796. The van der Waals surface area contributed by atoms with Crippen LogP contribution < -0.4 is 5.32 Å². The highest BCUT2D eigenvalue weighted by molar-refractivity contribution is 6.03. The molecule has 5 heteroatoms. The van der Waals surface area contributed by atoms with Gasteiger partial charge in [-0.15, -0.1) is 5.10 Å². The molecule has 0 radical (unpaired) electrons. The van der Waals surface area contributed by atoms with Gasteiger partial charge in [-0.2, -0.15) is 0 Å². The van der Waals surface area contributed by atoms with Crippen molar-refractivity contribution in [1.29, 1.82) is 0 Å². The summed E-state index contributed by atoms with van der Waals surface area (Å²) in [6.07, 6.45) is 0.761. The lowest BCUT2D eigenvalue weighted by Gasteiger charge is -2.05. The van der Waals surface area contributed by atoms with E-state index in [-0.39, 0.29) is 5.56 Å². The highest BCUT2D eigenvalue weighted by Crippen LogP contribution is 2.17. The van der Waals surface area contributed by atoms with Crippen LogP contribution in [0, 0.1) is 5.82 Å². The summed E-state index contributed by atoms with van der Waals surface area (Å²) in [6.45, 7) is 2.01. The minimum atomic E-state index is -0.553. The van der Waals surface area contributed by atoms with Crippen molar-refractivity contribution in [3.05, 3.63) is 77.7 Å². The third-order valence-electron chi connectivity index (χ3n) is 3.51. The lowest BCUT2D eigenvalue weighted by atomic mass is 10.2. The number of aryl methyl sites for hydroxylation is 1. The second-order valence-corrected chi connectivity index (χ2v) is 5.06. The molecule has 116 valence electrons. The average Bonchev–Trinajstić information content (AvgIpc) is 2.99. The van der Waals surface area contributed by atoms with Gasteiger partial charge in [-0.3, -0.25) is 4.79 Å². The van der Waals surface area contributed by atoms with E-state index in [2.05, 4.69) is 10.4 Å². The Morgan fingerprint density at radius 2 is 1.83 bits per heavy atom. The lowest BCUT2D eigenvalue weighted by Crippen LogP contribution is -2.14. The Bertz CT molecular complexity index is 827. The highest BCUT2D eigenvalue weighted by atomic mass is 19.1. The first-order valence-electron chi connectivity index (χ1n) is 7.39. The maximum Gasteiger partial charge on any atom is 0.259 e. The molecule has 4 nitrogen and oxygen atoms in total. The molecule has 1 aromatic heterocycles. The van der Waals surface area contributed by atoms with Crippen LogP contribution in [0.1, 0.15) is 23.0 Å². The lowest BCUT2D eigenvalue weighted by molar-refractivity contribution is 0.102. The molecule has 1 N–H and O–H groups in total. The molecule has 0 bridgehead atoms. The van der Waals surface area contributed by atoms with Crippen molar-refractivity contribution in [3.8, 4) is 5.69 Å². The van der Waals surface area contributed by atoms with Crippen LogP contribution in [0.3, 0.4) is 0 Å². The number of carbonyl (C=O) groups is 1. The van der Waals surface area contributed by atoms with Crippen molar-refractivity contribution in [2.24, 2.45) is 0 Å². The van der Waals surface area contributed by atoms with E-state index in [0.29, 0.717) is 5.82 Å². The first kappa shape index (κ1) is 15.0. The standard InChI is InChI=1S/C18H16FN3O/c1-2-13-12-17(21-22(13)14-8-4-3-5-9-14)20-18(23)15-10-6-7-11-16(15)19/h3-12H,2H2,1H3,(H,20,21,23). The summed E-state index contributed by atoms with van der Waals surface area (Å²) in [4.78, 5) is 12.2. The smallest absolute Gasteiger partial charge is 0.259 e. The Hall–Kier alpha value is -2.95. The fourth-order valence-corrected chi connectivity index (χ4v) is 2.35. The monoisotopic (exact) mass is 309 g/mol. The topological polar surface area (TPSA) is 46.9 Å². The molecule has 0 aliphatic rings. The van der Waals surface area contributed by atoms with Gasteiger partial charge in [0.15, 0.2) is 5.82 Å². The number of nitrogens with zero attached hydrogens (tertiary/aromatic N) is 2. The number of hydrogen-bond donors (Lipinski definition) is 1. The molecule has 1 amide bonds. The summed E-state index contributed by atoms with van der Waals surface area (Å²) in [7, 11) is 0. The van der Waals surface area contributed by atoms with E-state index in [0.717, 1.165) is 17.8 Å². The van der Waals surface area contributed by atoms with Crippen LogP contribution >= 0.6 is 0 Å². The summed E-state index contributed by atoms with van der Waals surface area (Å²) in [6, 6.07) is 17.3. The fourth-order valence-electron chi connectivity index (χ4n) is 2.35. The summed E-state index contributed by atoms with van der Waals surface area (Å²) in [5.74, 6) is -0.661. The first-order chi connectivity index (χ1) is 11.2. The maximum atomic E-state index is 13.7. The van der Waals surface area contributed by atoms with Crippen molar-refractivity contribution in [2.75, 3.05) is 5.32 Å². The van der Waals surface area contributed by atoms with E-state index in [9.17, 15) is 9.18 Å². The molecular formula is C18H16FN3O. The number of amides is 1. The van der Waals surface area contributed by atoms with Crippen LogP contribution in [-0.2, 0) is 6.42 Å². The van der Waals surface area contributed by atoms with Gasteiger partial charge in [-0.1, -0.05) is 37.3 Å². The predicted octanol–water partition coefficient (Wildman–Crippen LogP) is 3.83. The molecule has 0 aliphatic carbocycles. The second-order valence-electron chi connectivity index (χ2n) is 5.06. The minimum absolute atomic E-state index is 0.000176. The molecule has 2 aromatic carbocycles. The Morgan fingerprint density at radius 3 is 2.52 bits per heavy atom. The molecule has 0 atom stereocenters. The highest BCUT2D eigenvalue weighted by Gasteiger charge is 2.14. The molecule has 3 rings (SSSR count). The van der Waals surface area contributed by atoms with Crippen molar-refractivity contribution < 1.29 is 9.18 Å². The molecule has 0 saturated carbocycles. The fraction of sp³-hybridized carbons (Fsp3) is 0.111. The van der Waals surface area contributed by atoms with Crippen LogP contribution in [0.4, 0.5) is 10.2 Å². The third kappa shape index (κ3) is 3.13. The average molecular weight is 309 g/mol. The Morgan fingerprint density at radius 1 is 1.13 bits per heavy atom. The Balaban J connectivity index is 1.89. The van der Waals surface area contributed by atoms with Gasteiger partial charge in [0.25, 0.3) is 5.91 Å². The minimum Gasteiger partial charge on any atom is -0.305 e. The molecular weight excluding hydrogens is 293 g/mol. The van der Waals surface area contributed by atoms with Gasteiger partial charge in [0.2, 0.25) is 0 Å². The number of para-hydroxylation sites is 1. The van der Waals surface area contributed by atoms with Crippen LogP contribution in [0.25, 0.3) is 5.69 Å². The number of anilines is 1. The van der Waals surface area contributed by atoms with Gasteiger partial charge in [0.1, 0.15) is 5.82 Å². The van der Waals surface area contributed by atoms with Crippen LogP contribution in [-0.4, -0.2) is 15.7 Å². The molecule has 0 spiro atoms. The van der Waals surface area contributed by atoms with Gasteiger partial charge in [-0.05, 0) is 30.7 Å². The Labute approximate surface area is 133 Å². The number of halogens is 1. The van der Waals surface area contributed by atoms with E-state index in [1.807, 2.05) is 37.3 Å². The zero-order valence-electron chi connectivity index (χ0n) is 12.7. The van der Waals surface area contributed by atoms with Crippen molar-refractivity contribution >= 4 is 11.7 Å². The largest absolute Gasteiger partial charge is 0.305 e. The van der Waals surface area contributed by atoms with Crippen LogP contribution in [0.15, 0.2) is 60.7 Å². The SMILES string of the molecule is CCc1cc(NC(=O)c2ccccc2F)nn1-c1ccccc1. The van der Waals surface area contributed by atoms with E-state index < -0.39 is 11.7 Å². The van der Waals surface area contributed by atoms with Crippen molar-refractivity contribution in [3.63, 3.8) is 0 Å². The number of carbonyl (C=O) groups excluding carboxylic acids is 1. The van der Waals surface area contributed by atoms with E-state index >= 15 is 0 Å². The molecule has 0 saturated heterocycles. The number of nitrogens with one attached hydrogen (secondary N) is 1. The van der Waals surface area contributed by atoms with Gasteiger partial charge >= 0.3 is 0 Å². The maximum absolute atomic E-state index is 13.7. The first-order valence-corrected chi connectivity index (χ1v) is 7.39. The molecule has 0 fully saturated rings. The predicted molar refractivity (Wildman–Crippen MR) is 87.3 cm³/mol. The van der Waals surface area contributed by atoms with Gasteiger partial charge in [-0.25, -0.2) is 9.07 Å². The van der Waals surface area contributed by atoms with Gasteiger partial charge in [0, 0.05) is 11.8 Å². The summed E-state index contributed by atoms with van der Waals surface area (Å²) < 4.78 is 15.4. The molecule has 0 aliphatic heterocycles. The molecule has 3 aromatic rings. The normalized spacial score (nSPS) is 10.5. The van der Waals surface area contributed by atoms with E-state index in [4.69, 9.17) is 0 Å². The number of benzene rings is 2.